The van der Waals surface area contributed by atoms with Crippen LogP contribution in [0.3, 0.4) is 0 Å². The van der Waals surface area contributed by atoms with E-state index >= 15 is 0 Å². The monoisotopic (exact) mass is 347 g/mol. The Kier molecular flexibility index (Phi) is 6.37. The predicted molar refractivity (Wildman–Crippen MR) is 94.8 cm³/mol. The molecule has 24 heavy (non-hydrogen) atoms. The van der Waals surface area contributed by atoms with Crippen LogP contribution in [0.5, 0.6) is 0 Å². The highest BCUT2D eigenvalue weighted by molar-refractivity contribution is 6.31. The van der Waals surface area contributed by atoms with Crippen molar-refractivity contribution in [2.75, 3.05) is 13.7 Å². The van der Waals surface area contributed by atoms with E-state index in [0.29, 0.717) is 10.6 Å². The van der Waals surface area contributed by atoms with Gasteiger partial charge in [-0.3, -0.25) is 4.79 Å². The first-order chi connectivity index (χ1) is 11.4. The van der Waals surface area contributed by atoms with Crippen LogP contribution in [0.15, 0.2) is 54.6 Å². The molecule has 2 aromatic carbocycles. The van der Waals surface area contributed by atoms with Crippen LogP contribution in [0.2, 0.25) is 5.02 Å². The van der Waals surface area contributed by atoms with Crippen molar-refractivity contribution < 1.29 is 14.6 Å². The number of aliphatic hydroxyl groups is 1. The number of ether oxygens (including phenoxy) is 1. The summed E-state index contributed by atoms with van der Waals surface area (Å²) in [6.45, 7) is 1.91. The van der Waals surface area contributed by atoms with Gasteiger partial charge in [0.2, 0.25) is 5.91 Å². The summed E-state index contributed by atoms with van der Waals surface area (Å²) in [6, 6.07) is 16.5. The van der Waals surface area contributed by atoms with E-state index in [-0.39, 0.29) is 25.0 Å². The lowest BCUT2D eigenvalue weighted by Gasteiger charge is -2.24. The van der Waals surface area contributed by atoms with Gasteiger partial charge in [-0.15, -0.1) is 0 Å². The van der Waals surface area contributed by atoms with Crippen LogP contribution in [0.25, 0.3) is 0 Å². The van der Waals surface area contributed by atoms with Gasteiger partial charge in [-0.05, 0) is 18.6 Å². The number of benzene rings is 2. The maximum absolute atomic E-state index is 12.2. The Morgan fingerprint density at radius 1 is 1.21 bits per heavy atom. The van der Waals surface area contributed by atoms with Gasteiger partial charge in [0.25, 0.3) is 0 Å². The van der Waals surface area contributed by atoms with E-state index in [1.807, 2.05) is 36.4 Å². The summed E-state index contributed by atoms with van der Waals surface area (Å²) < 4.78 is 5.42. The van der Waals surface area contributed by atoms with E-state index in [0.717, 1.165) is 5.56 Å². The van der Waals surface area contributed by atoms with Crippen LogP contribution in [0.4, 0.5) is 0 Å². The highest BCUT2D eigenvalue weighted by Gasteiger charge is 2.26. The molecule has 0 aliphatic carbocycles. The molecule has 4 nitrogen and oxygen atoms in total. The number of carbonyl (C=O) groups excluding carboxylic acids is 1. The van der Waals surface area contributed by atoms with Gasteiger partial charge in [0, 0.05) is 24.2 Å². The van der Waals surface area contributed by atoms with Crippen LogP contribution in [-0.4, -0.2) is 24.7 Å². The van der Waals surface area contributed by atoms with Crippen LogP contribution in [0.1, 0.15) is 30.6 Å². The maximum Gasteiger partial charge on any atom is 0.223 e. The first-order valence-electron chi connectivity index (χ1n) is 7.76. The van der Waals surface area contributed by atoms with E-state index in [2.05, 4.69) is 5.32 Å². The number of halogens is 1. The first-order valence-corrected chi connectivity index (χ1v) is 8.13. The second-order valence-corrected chi connectivity index (χ2v) is 6.27. The minimum absolute atomic E-state index is 0.0318. The summed E-state index contributed by atoms with van der Waals surface area (Å²) in [5.74, 6) is -0.252. The van der Waals surface area contributed by atoms with Gasteiger partial charge < -0.3 is 15.2 Å². The number of amides is 1. The van der Waals surface area contributed by atoms with E-state index in [4.69, 9.17) is 16.3 Å². The highest BCUT2D eigenvalue weighted by Crippen LogP contribution is 2.26. The molecule has 0 spiro atoms. The number of methoxy groups -OCH3 is 1. The fourth-order valence-electron chi connectivity index (χ4n) is 2.54. The summed E-state index contributed by atoms with van der Waals surface area (Å²) in [4.78, 5) is 12.2. The lowest BCUT2D eigenvalue weighted by Crippen LogP contribution is -2.35. The van der Waals surface area contributed by atoms with Crippen molar-refractivity contribution in [3.8, 4) is 0 Å². The molecule has 2 aromatic rings. The Labute approximate surface area is 147 Å². The van der Waals surface area contributed by atoms with Crippen molar-refractivity contribution in [1.82, 2.24) is 5.32 Å². The third-order valence-electron chi connectivity index (χ3n) is 3.92. The van der Waals surface area contributed by atoms with Gasteiger partial charge >= 0.3 is 0 Å². The average Bonchev–Trinajstić information content (AvgIpc) is 2.57. The molecule has 0 aliphatic rings. The molecule has 0 saturated heterocycles. The Morgan fingerprint density at radius 3 is 2.46 bits per heavy atom. The Balaban J connectivity index is 1.96. The molecule has 0 bridgehead atoms. The van der Waals surface area contributed by atoms with Gasteiger partial charge in [0.05, 0.1) is 12.0 Å². The second-order valence-electron chi connectivity index (χ2n) is 5.87. The second kappa shape index (κ2) is 8.29. The quantitative estimate of drug-likeness (QED) is 0.806. The molecule has 2 atom stereocenters. The summed E-state index contributed by atoms with van der Waals surface area (Å²) in [5, 5.41) is 13.9. The number of rotatable bonds is 7. The largest absolute Gasteiger partial charge is 0.385 e. The summed E-state index contributed by atoms with van der Waals surface area (Å²) in [7, 11) is 1.57. The minimum Gasteiger partial charge on any atom is -0.385 e. The minimum atomic E-state index is -1.22. The van der Waals surface area contributed by atoms with Crippen LogP contribution < -0.4 is 5.32 Å². The van der Waals surface area contributed by atoms with Crippen molar-refractivity contribution >= 4 is 17.5 Å². The van der Waals surface area contributed by atoms with Crippen molar-refractivity contribution in [2.45, 2.75) is 25.0 Å². The zero-order valence-electron chi connectivity index (χ0n) is 13.8. The van der Waals surface area contributed by atoms with E-state index in [9.17, 15) is 9.90 Å². The number of nitrogens with one attached hydrogen (secondary N) is 1. The molecular formula is C19H22ClNO3. The topological polar surface area (TPSA) is 58.6 Å². The summed E-state index contributed by atoms with van der Waals surface area (Å²) in [6.07, 6.45) is -0.375. The smallest absolute Gasteiger partial charge is 0.223 e. The third-order valence-corrected chi connectivity index (χ3v) is 4.27. The molecule has 2 N–H and O–H groups in total. The molecule has 0 fully saturated rings. The Hall–Kier alpha value is -1.88. The average molecular weight is 348 g/mol. The Morgan fingerprint density at radius 2 is 1.83 bits per heavy atom. The van der Waals surface area contributed by atoms with E-state index in [1.165, 1.54) is 0 Å². The zero-order valence-corrected chi connectivity index (χ0v) is 14.6. The molecule has 128 valence electrons. The molecular weight excluding hydrogens is 326 g/mol. The summed E-state index contributed by atoms with van der Waals surface area (Å²) >= 11 is 6.17. The normalized spacial score (nSPS) is 14.7. The SMILES string of the molecule is COC(CNC(=O)CC(C)(O)c1ccccc1)c1ccccc1Cl. The molecule has 2 rings (SSSR count). The molecule has 2 unspecified atom stereocenters. The van der Waals surface area contributed by atoms with Crippen molar-refractivity contribution in [1.29, 1.82) is 0 Å². The van der Waals surface area contributed by atoms with Gasteiger partial charge in [0.15, 0.2) is 0 Å². The van der Waals surface area contributed by atoms with Crippen molar-refractivity contribution in [2.24, 2.45) is 0 Å². The Bertz CT molecular complexity index is 673. The highest BCUT2D eigenvalue weighted by atomic mass is 35.5. The number of hydrogen-bond donors (Lipinski definition) is 2. The van der Waals surface area contributed by atoms with Crippen molar-refractivity contribution in [3.63, 3.8) is 0 Å². The maximum atomic E-state index is 12.2. The molecule has 5 heteroatoms. The van der Waals surface area contributed by atoms with Crippen LogP contribution in [-0.2, 0) is 15.1 Å². The van der Waals surface area contributed by atoms with Gasteiger partial charge in [-0.25, -0.2) is 0 Å². The summed E-state index contributed by atoms with van der Waals surface area (Å²) in [5.41, 5.74) is 0.296. The van der Waals surface area contributed by atoms with Crippen LogP contribution >= 0.6 is 11.6 Å². The van der Waals surface area contributed by atoms with Crippen molar-refractivity contribution in [3.05, 3.63) is 70.7 Å². The van der Waals surface area contributed by atoms with E-state index in [1.54, 1.807) is 32.2 Å². The molecule has 0 heterocycles. The molecule has 0 radical (unpaired) electrons. The van der Waals surface area contributed by atoms with E-state index < -0.39 is 5.60 Å². The first kappa shape index (κ1) is 18.5. The van der Waals surface area contributed by atoms with Gasteiger partial charge in [-0.2, -0.15) is 0 Å². The lowest BCUT2D eigenvalue weighted by molar-refractivity contribution is -0.126. The predicted octanol–water partition coefficient (Wildman–Crippen LogP) is 3.44. The third kappa shape index (κ3) is 4.81. The fourth-order valence-corrected chi connectivity index (χ4v) is 2.79. The molecule has 0 aliphatic heterocycles. The molecule has 1 amide bonds. The number of carbonyl (C=O) groups is 1. The molecule has 0 aromatic heterocycles. The zero-order chi connectivity index (χ0) is 17.6. The standard InChI is InChI=1S/C19H22ClNO3/c1-19(23,14-8-4-3-5-9-14)12-18(22)21-13-17(24-2)15-10-6-7-11-16(15)20/h3-11,17,23H,12-13H2,1-2H3,(H,21,22). The fraction of sp³-hybridized carbons (Fsp3) is 0.316. The lowest BCUT2D eigenvalue weighted by atomic mass is 9.92. The van der Waals surface area contributed by atoms with Gasteiger partial charge in [0.1, 0.15) is 6.10 Å². The van der Waals surface area contributed by atoms with Gasteiger partial charge in [-0.1, -0.05) is 60.1 Å². The number of hydrogen-bond acceptors (Lipinski definition) is 3. The molecule has 0 saturated carbocycles. The van der Waals surface area contributed by atoms with Crippen LogP contribution in [0, 0.1) is 0 Å².